The Morgan fingerprint density at radius 1 is 1.28 bits per heavy atom. The number of fused-ring (bicyclic) bond motifs is 1. The molecule has 100 valence electrons. The largest absolute Gasteiger partial charge is 0.375 e. The summed E-state index contributed by atoms with van der Waals surface area (Å²) in [5.74, 6) is 0. The fourth-order valence-corrected chi connectivity index (χ4v) is 2.56. The lowest BCUT2D eigenvalue weighted by Crippen LogP contribution is -2.31. The summed E-state index contributed by atoms with van der Waals surface area (Å²) >= 11 is 0. The van der Waals surface area contributed by atoms with E-state index in [1.54, 1.807) is 0 Å². The van der Waals surface area contributed by atoms with Crippen molar-refractivity contribution in [2.45, 2.75) is 51.7 Å². The number of nitrogens with one attached hydrogen (secondary N) is 1. The van der Waals surface area contributed by atoms with Crippen molar-refractivity contribution >= 4 is 0 Å². The predicted molar refractivity (Wildman–Crippen MR) is 75.8 cm³/mol. The van der Waals surface area contributed by atoms with Gasteiger partial charge in [0.2, 0.25) is 0 Å². The van der Waals surface area contributed by atoms with Crippen LogP contribution in [0.3, 0.4) is 0 Å². The SMILES string of the molecule is CC(C)(C)OCCNC1CCCc2ccccc21. The highest BCUT2D eigenvalue weighted by Gasteiger charge is 2.19. The van der Waals surface area contributed by atoms with E-state index in [-0.39, 0.29) is 5.60 Å². The molecule has 0 saturated carbocycles. The molecule has 1 aromatic rings. The quantitative estimate of drug-likeness (QED) is 0.823. The molecular weight excluding hydrogens is 222 g/mol. The second kappa shape index (κ2) is 5.85. The van der Waals surface area contributed by atoms with Gasteiger partial charge in [-0.2, -0.15) is 0 Å². The summed E-state index contributed by atoms with van der Waals surface area (Å²) < 4.78 is 5.75. The zero-order valence-corrected chi connectivity index (χ0v) is 11.8. The third-order valence-corrected chi connectivity index (χ3v) is 3.40. The molecule has 0 fully saturated rings. The maximum Gasteiger partial charge on any atom is 0.0599 e. The van der Waals surface area contributed by atoms with E-state index >= 15 is 0 Å². The van der Waals surface area contributed by atoms with E-state index in [2.05, 4.69) is 50.4 Å². The van der Waals surface area contributed by atoms with Crippen molar-refractivity contribution in [2.75, 3.05) is 13.2 Å². The highest BCUT2D eigenvalue weighted by Crippen LogP contribution is 2.29. The molecule has 2 heteroatoms. The van der Waals surface area contributed by atoms with Gasteiger partial charge in [0, 0.05) is 12.6 Å². The van der Waals surface area contributed by atoms with Crippen LogP contribution in [-0.4, -0.2) is 18.8 Å². The summed E-state index contributed by atoms with van der Waals surface area (Å²) in [6.45, 7) is 8.01. The van der Waals surface area contributed by atoms with Gasteiger partial charge in [-0.15, -0.1) is 0 Å². The van der Waals surface area contributed by atoms with Crippen molar-refractivity contribution in [1.29, 1.82) is 0 Å². The number of hydrogen-bond acceptors (Lipinski definition) is 2. The molecule has 1 aliphatic carbocycles. The smallest absolute Gasteiger partial charge is 0.0599 e. The second-order valence-electron chi connectivity index (χ2n) is 6.06. The Morgan fingerprint density at radius 3 is 2.83 bits per heavy atom. The molecule has 1 N–H and O–H groups in total. The summed E-state index contributed by atoms with van der Waals surface area (Å²) in [7, 11) is 0. The Kier molecular flexibility index (Phi) is 4.41. The molecule has 18 heavy (non-hydrogen) atoms. The monoisotopic (exact) mass is 247 g/mol. The summed E-state index contributed by atoms with van der Waals surface area (Å²) in [4.78, 5) is 0. The van der Waals surface area contributed by atoms with Gasteiger partial charge in [-0.1, -0.05) is 24.3 Å². The number of benzene rings is 1. The third-order valence-electron chi connectivity index (χ3n) is 3.40. The highest BCUT2D eigenvalue weighted by molar-refractivity contribution is 5.32. The molecule has 0 spiro atoms. The molecule has 2 rings (SSSR count). The average Bonchev–Trinajstić information content (AvgIpc) is 2.33. The Labute approximate surface area is 111 Å². The molecule has 1 aliphatic rings. The Morgan fingerprint density at radius 2 is 2.06 bits per heavy atom. The van der Waals surface area contributed by atoms with Crippen molar-refractivity contribution in [1.82, 2.24) is 5.32 Å². The van der Waals surface area contributed by atoms with E-state index in [4.69, 9.17) is 4.74 Å². The minimum Gasteiger partial charge on any atom is -0.375 e. The highest BCUT2D eigenvalue weighted by atomic mass is 16.5. The van der Waals surface area contributed by atoms with Crippen LogP contribution in [-0.2, 0) is 11.2 Å². The van der Waals surface area contributed by atoms with Gasteiger partial charge in [0.15, 0.2) is 0 Å². The van der Waals surface area contributed by atoms with Crippen molar-refractivity contribution in [3.63, 3.8) is 0 Å². The standard InChI is InChI=1S/C16H25NO/c1-16(2,3)18-12-11-17-15-10-6-8-13-7-4-5-9-14(13)15/h4-5,7,9,15,17H,6,8,10-12H2,1-3H3. The van der Waals surface area contributed by atoms with Crippen LogP contribution in [0.15, 0.2) is 24.3 Å². The van der Waals surface area contributed by atoms with Crippen LogP contribution in [0.5, 0.6) is 0 Å². The van der Waals surface area contributed by atoms with Crippen molar-refractivity contribution in [3.8, 4) is 0 Å². The van der Waals surface area contributed by atoms with E-state index in [9.17, 15) is 0 Å². The van der Waals surface area contributed by atoms with Crippen molar-refractivity contribution < 1.29 is 4.74 Å². The molecule has 0 bridgehead atoms. The number of ether oxygens (including phenoxy) is 1. The molecule has 0 aromatic heterocycles. The summed E-state index contributed by atoms with van der Waals surface area (Å²) in [6, 6.07) is 9.32. The molecule has 1 aromatic carbocycles. The molecule has 1 atom stereocenters. The molecular formula is C16H25NO. The van der Waals surface area contributed by atoms with Gasteiger partial charge in [0.25, 0.3) is 0 Å². The van der Waals surface area contributed by atoms with Gasteiger partial charge >= 0.3 is 0 Å². The first-order valence-corrected chi connectivity index (χ1v) is 7.01. The molecule has 0 saturated heterocycles. The predicted octanol–water partition coefficient (Wildman–Crippen LogP) is 3.47. The van der Waals surface area contributed by atoms with Crippen LogP contribution < -0.4 is 5.32 Å². The van der Waals surface area contributed by atoms with Gasteiger partial charge in [0.05, 0.1) is 12.2 Å². The van der Waals surface area contributed by atoms with Gasteiger partial charge in [-0.25, -0.2) is 0 Å². The van der Waals surface area contributed by atoms with Crippen molar-refractivity contribution in [3.05, 3.63) is 35.4 Å². The lowest BCUT2D eigenvalue weighted by atomic mass is 9.88. The zero-order chi connectivity index (χ0) is 13.0. The van der Waals surface area contributed by atoms with Gasteiger partial charge in [-0.05, 0) is 51.2 Å². The number of aryl methyl sites for hydroxylation is 1. The van der Waals surface area contributed by atoms with E-state index in [0.717, 1.165) is 13.2 Å². The Bertz CT molecular complexity index is 381. The summed E-state index contributed by atoms with van der Waals surface area (Å²) in [5.41, 5.74) is 2.96. The number of hydrogen-bond donors (Lipinski definition) is 1. The van der Waals surface area contributed by atoms with Crippen LogP contribution in [0.2, 0.25) is 0 Å². The lowest BCUT2D eigenvalue weighted by molar-refractivity contribution is -0.00179. The topological polar surface area (TPSA) is 21.3 Å². The fraction of sp³-hybridized carbons (Fsp3) is 0.625. The maximum absolute atomic E-state index is 5.75. The molecule has 2 nitrogen and oxygen atoms in total. The minimum absolute atomic E-state index is 0.0356. The first kappa shape index (κ1) is 13.6. The third kappa shape index (κ3) is 3.82. The molecule has 0 amide bonds. The fourth-order valence-electron chi connectivity index (χ4n) is 2.56. The Hall–Kier alpha value is -0.860. The second-order valence-corrected chi connectivity index (χ2v) is 6.06. The zero-order valence-electron chi connectivity index (χ0n) is 11.8. The Balaban J connectivity index is 1.84. The van der Waals surface area contributed by atoms with Gasteiger partial charge in [-0.3, -0.25) is 0 Å². The van der Waals surface area contributed by atoms with E-state index < -0.39 is 0 Å². The van der Waals surface area contributed by atoms with Crippen LogP contribution in [0.1, 0.15) is 50.8 Å². The van der Waals surface area contributed by atoms with E-state index in [1.807, 2.05) is 0 Å². The van der Waals surface area contributed by atoms with E-state index in [1.165, 1.54) is 30.4 Å². The lowest BCUT2D eigenvalue weighted by Gasteiger charge is -2.27. The first-order chi connectivity index (χ1) is 8.56. The van der Waals surface area contributed by atoms with Crippen molar-refractivity contribution in [2.24, 2.45) is 0 Å². The molecule has 1 unspecified atom stereocenters. The normalized spacial score (nSPS) is 19.6. The molecule has 0 radical (unpaired) electrons. The molecule has 0 aliphatic heterocycles. The van der Waals surface area contributed by atoms with Crippen LogP contribution in [0.4, 0.5) is 0 Å². The summed E-state index contributed by atoms with van der Waals surface area (Å²) in [5, 5.41) is 3.63. The maximum atomic E-state index is 5.75. The summed E-state index contributed by atoms with van der Waals surface area (Å²) in [6.07, 6.45) is 3.76. The minimum atomic E-state index is -0.0356. The van der Waals surface area contributed by atoms with Gasteiger partial charge < -0.3 is 10.1 Å². The molecule has 0 heterocycles. The van der Waals surface area contributed by atoms with Crippen LogP contribution >= 0.6 is 0 Å². The average molecular weight is 247 g/mol. The number of rotatable bonds is 4. The first-order valence-electron chi connectivity index (χ1n) is 7.01. The van der Waals surface area contributed by atoms with Gasteiger partial charge in [0.1, 0.15) is 0 Å². The van der Waals surface area contributed by atoms with E-state index in [0.29, 0.717) is 6.04 Å². The van der Waals surface area contributed by atoms with Crippen LogP contribution in [0.25, 0.3) is 0 Å². The van der Waals surface area contributed by atoms with Crippen LogP contribution in [0, 0.1) is 0 Å².